The van der Waals surface area contributed by atoms with Crippen LogP contribution in [0.25, 0.3) is 164 Å². The fraction of sp³-hybridized carbons (Fsp3) is 0.188. The highest BCUT2D eigenvalue weighted by Crippen LogP contribution is 2.58. The van der Waals surface area contributed by atoms with Crippen LogP contribution < -0.4 is 19.6 Å². The molecule has 24 aromatic rings. The normalized spacial score (nSPS) is 12.4. The van der Waals surface area contributed by atoms with E-state index in [1.807, 2.05) is 0 Å². The van der Waals surface area contributed by atoms with Gasteiger partial charge in [0.05, 0.1) is 45.5 Å². The summed E-state index contributed by atoms with van der Waals surface area (Å²) in [4.78, 5) is 10.1. The van der Waals surface area contributed by atoms with Crippen LogP contribution in [0, 0.1) is 55.4 Å². The number of aryl methyl sites for hydroxylation is 10. The summed E-state index contributed by atoms with van der Waals surface area (Å²) < 4.78 is 30.3. The van der Waals surface area contributed by atoms with Crippen LogP contribution in [0.2, 0.25) is 0 Å². The van der Waals surface area contributed by atoms with Crippen LogP contribution in [-0.2, 0) is 23.7 Å². The number of para-hydroxylation sites is 6. The lowest BCUT2D eigenvalue weighted by molar-refractivity contribution is 0.572. The second-order valence-electron chi connectivity index (χ2n) is 40.8. The summed E-state index contributed by atoms with van der Waals surface area (Å²) in [6.45, 7) is 36.2. The topological polar surface area (TPSA) is 65.5 Å². The Morgan fingerprint density at radius 1 is 0.213 bits per heavy atom. The third-order valence-corrected chi connectivity index (χ3v) is 29.5. The maximum absolute atomic E-state index is 7.85. The van der Waals surface area contributed by atoms with Crippen LogP contribution in [0.4, 0.5) is 68.2 Å². The molecule has 0 unspecified atom stereocenters. The number of hydrogen-bond donors (Lipinski definition) is 0. The fourth-order valence-electron chi connectivity index (χ4n) is 22.5. The summed E-state index contributed by atoms with van der Waals surface area (Å²) >= 11 is 0. The third-order valence-electron chi connectivity index (χ3n) is 29.5. The molecule has 0 N–H and O–H groups in total. The van der Waals surface area contributed by atoms with Gasteiger partial charge in [-0.05, 0) is 287 Å². The van der Waals surface area contributed by atoms with Crippen molar-refractivity contribution in [2.45, 2.75) is 160 Å². The zero-order chi connectivity index (χ0) is 92.9. The number of unbranched alkanes of at least 4 members (excludes halogenated alkanes) is 2. The first-order valence-electron chi connectivity index (χ1n) is 48.7. The number of furan rings is 4. The molecular formula is C128H110N4O4. The van der Waals surface area contributed by atoms with Gasteiger partial charge in [0, 0.05) is 98.5 Å². The Balaban J connectivity index is 0.755. The van der Waals surface area contributed by atoms with Crippen LogP contribution >= 0.6 is 0 Å². The molecule has 8 heteroatoms. The molecule has 0 fully saturated rings. The standard InChI is InChI=1S/C128H110N4O4/c1-17-19-27-85-29-21-31-89-91-35-25-39-107(123(91)133-119(85)89)129(109-65-73(3)41-45-77(109)7)103-61-53-81-51-59-97-105(63-55-83-49-57-95(103)115(81)117(83)97)131(111-67-75(5)43-47-79(111)9)113-71-87(69-99-93-32-22-30-86(28-20-18-2)120(93)134-125(99)113)88-70-100-94-34-24-38-102(128(14,15)16)122(94)136-126(100)114(72-88)132(112-68-76(6)44-48-80(112)10)106-64-56-84-50-58-96-104(62-54-82-52-60-98(106)118(84)116(82)96)130(110-66-74(4)42-46-78(110)8)108-40-26-36-92-90-33-23-37-101(127(11,12)13)121(90)135-124(92)108/h21-26,29-72H,17-20,27-28H2,1-16H3. The number of benzene rings is 20. The smallest absolute Gasteiger partial charge is 0.159 e. The highest BCUT2D eigenvalue weighted by Gasteiger charge is 2.35. The quantitative estimate of drug-likeness (QED) is 0.0742. The fourth-order valence-corrected chi connectivity index (χ4v) is 22.5. The lowest BCUT2D eigenvalue weighted by Crippen LogP contribution is -2.14. The number of rotatable bonds is 19. The molecule has 8 nitrogen and oxygen atoms in total. The maximum atomic E-state index is 7.85. The minimum absolute atomic E-state index is 0.153. The lowest BCUT2D eigenvalue weighted by atomic mass is 9.86. The first-order chi connectivity index (χ1) is 65.9. The number of nitrogens with zero attached hydrogens (tertiary/aromatic N) is 4. The lowest BCUT2D eigenvalue weighted by Gasteiger charge is -2.31. The molecule has 0 bridgehead atoms. The van der Waals surface area contributed by atoms with Crippen molar-refractivity contribution in [3.05, 3.63) is 370 Å². The largest absolute Gasteiger partial charge is 0.454 e. The Morgan fingerprint density at radius 2 is 0.478 bits per heavy atom. The molecule has 0 saturated heterocycles. The molecule has 0 radical (unpaired) electrons. The van der Waals surface area contributed by atoms with E-state index >= 15 is 0 Å². The molecule has 0 aliphatic rings. The van der Waals surface area contributed by atoms with Gasteiger partial charge < -0.3 is 37.3 Å². The Bertz CT molecular complexity index is 9060. The molecule has 4 heterocycles. The summed E-state index contributed by atoms with van der Waals surface area (Å²) in [7, 11) is 0. The molecule has 666 valence electrons. The second kappa shape index (κ2) is 31.8. The van der Waals surface area contributed by atoms with Crippen molar-refractivity contribution in [1.82, 2.24) is 0 Å². The maximum Gasteiger partial charge on any atom is 0.159 e. The third kappa shape index (κ3) is 13.3. The number of fused-ring (bicyclic) bond motifs is 12. The molecule has 136 heavy (non-hydrogen) atoms. The SMILES string of the molecule is CCCCc1cccc2c1oc1c(N(c3cc(C)ccc3C)c3ccc4ccc5c(N(c6cc(C)ccc6C)c6cc(-c7cc(N(c8cc(C)ccc8C)c8ccc9ccc%10c(N(c%11cc(C)ccc%11C)c%11cccc%12c%11oc%11c(C(C)(C)C)cccc%11%12)ccc%11ccc8c9c%11%10)c8oc9c(C(C)(C)C)cccc9c8c7)cc7c6oc6c(CCCC)cccc67)ccc6ccc3c4c65)cccc12. The highest BCUT2D eigenvalue weighted by molar-refractivity contribution is 6.32. The van der Waals surface area contributed by atoms with Gasteiger partial charge in [0.15, 0.2) is 22.3 Å². The molecule has 4 aromatic heterocycles. The van der Waals surface area contributed by atoms with Crippen molar-refractivity contribution in [3.63, 3.8) is 0 Å². The van der Waals surface area contributed by atoms with Crippen LogP contribution in [-0.4, -0.2) is 0 Å². The Morgan fingerprint density at radius 3 is 0.801 bits per heavy atom. The van der Waals surface area contributed by atoms with Gasteiger partial charge in [-0.1, -0.05) is 287 Å². The first-order valence-corrected chi connectivity index (χ1v) is 48.7. The monoisotopic (exact) mass is 1770 g/mol. The zero-order valence-electron chi connectivity index (χ0n) is 80.5. The van der Waals surface area contributed by atoms with Crippen LogP contribution in [0.5, 0.6) is 0 Å². The molecule has 24 rings (SSSR count). The highest BCUT2D eigenvalue weighted by atomic mass is 16.3. The minimum Gasteiger partial charge on any atom is -0.454 e. The minimum atomic E-state index is -0.274. The summed E-state index contributed by atoms with van der Waals surface area (Å²) in [5, 5.41) is 22.5. The van der Waals surface area contributed by atoms with Crippen LogP contribution in [0.3, 0.4) is 0 Å². The molecule has 0 amide bonds. The van der Waals surface area contributed by atoms with E-state index in [0.29, 0.717) is 0 Å². The summed E-state index contributed by atoms with van der Waals surface area (Å²) in [6, 6.07) is 115. The number of hydrogen-bond acceptors (Lipinski definition) is 8. The van der Waals surface area contributed by atoms with Crippen LogP contribution in [0.1, 0.15) is 148 Å². The summed E-state index contributed by atoms with van der Waals surface area (Å²) in [5.41, 5.74) is 35.0. The van der Waals surface area contributed by atoms with Gasteiger partial charge in [0.25, 0.3) is 0 Å². The predicted octanol–water partition coefficient (Wildman–Crippen LogP) is 38.4. The van der Waals surface area contributed by atoms with Gasteiger partial charge in [-0.25, -0.2) is 0 Å². The molecule has 0 saturated carbocycles. The van der Waals surface area contributed by atoms with Gasteiger partial charge in [0.2, 0.25) is 0 Å². The van der Waals surface area contributed by atoms with E-state index in [9.17, 15) is 0 Å². The van der Waals surface area contributed by atoms with Gasteiger partial charge in [-0.2, -0.15) is 0 Å². The van der Waals surface area contributed by atoms with E-state index in [2.05, 4.69) is 434 Å². The first kappa shape index (κ1) is 83.9. The van der Waals surface area contributed by atoms with E-state index in [1.54, 1.807) is 0 Å². The molecule has 20 aromatic carbocycles. The van der Waals surface area contributed by atoms with Gasteiger partial charge >= 0.3 is 0 Å². The van der Waals surface area contributed by atoms with Crippen molar-refractivity contribution in [3.8, 4) is 11.1 Å². The second-order valence-corrected chi connectivity index (χ2v) is 40.8. The van der Waals surface area contributed by atoms with Crippen LogP contribution in [0.15, 0.2) is 321 Å². The summed E-state index contributed by atoms with van der Waals surface area (Å²) in [6.07, 6.45) is 6.12. The van der Waals surface area contributed by atoms with Gasteiger partial charge in [0.1, 0.15) is 22.3 Å². The molecular weight excluding hydrogens is 1660 g/mol. The zero-order valence-corrected chi connectivity index (χ0v) is 80.5. The van der Waals surface area contributed by atoms with Crippen molar-refractivity contribution < 1.29 is 17.7 Å². The average molecular weight is 1770 g/mol. The molecule has 0 atom stereocenters. The van der Waals surface area contributed by atoms with Gasteiger partial charge in [-0.3, -0.25) is 0 Å². The van der Waals surface area contributed by atoms with Crippen molar-refractivity contribution >= 4 is 221 Å². The Hall–Kier alpha value is -15.1. The number of anilines is 12. The summed E-state index contributed by atoms with van der Waals surface area (Å²) in [5.74, 6) is 0. The van der Waals surface area contributed by atoms with E-state index < -0.39 is 0 Å². The average Bonchev–Trinajstić information content (AvgIpc) is 0.758. The molecule has 0 aliphatic carbocycles. The molecule has 0 spiro atoms. The Labute approximate surface area is 793 Å². The van der Waals surface area contributed by atoms with E-state index in [-0.39, 0.29) is 10.8 Å². The van der Waals surface area contributed by atoms with E-state index in [0.717, 1.165) is 282 Å². The van der Waals surface area contributed by atoms with Crippen molar-refractivity contribution in [1.29, 1.82) is 0 Å². The van der Waals surface area contributed by atoms with Gasteiger partial charge in [-0.15, -0.1) is 0 Å². The molecule has 0 aliphatic heterocycles. The predicted molar refractivity (Wildman–Crippen MR) is 580 cm³/mol. The van der Waals surface area contributed by atoms with Crippen molar-refractivity contribution in [2.24, 2.45) is 0 Å². The van der Waals surface area contributed by atoms with E-state index in [1.165, 1.54) is 54.9 Å². The van der Waals surface area contributed by atoms with Crippen molar-refractivity contribution in [2.75, 3.05) is 19.6 Å². The Kier molecular flexibility index (Phi) is 19.6. The van der Waals surface area contributed by atoms with E-state index in [4.69, 9.17) is 17.7 Å².